The molecule has 10 nitrogen and oxygen atoms in total. The summed E-state index contributed by atoms with van der Waals surface area (Å²) in [5, 5.41) is 12.4. The van der Waals surface area contributed by atoms with Crippen molar-refractivity contribution in [1.29, 1.82) is 0 Å². The fraction of sp³-hybridized carbons (Fsp3) is 0.455. The highest BCUT2D eigenvalue weighted by Crippen LogP contribution is 2.29. The van der Waals surface area contributed by atoms with Crippen LogP contribution in [0.5, 0.6) is 0 Å². The Kier molecular flexibility index (Phi) is 9.91. The number of piperazine rings is 1. The summed E-state index contributed by atoms with van der Waals surface area (Å²) in [6.45, 7) is 17.3. The zero-order valence-electron chi connectivity index (χ0n) is 26.4. The minimum Gasteiger partial charge on any atom is -0.444 e. The van der Waals surface area contributed by atoms with Crippen molar-refractivity contribution in [3.8, 4) is 11.1 Å². The van der Waals surface area contributed by atoms with Gasteiger partial charge in [-0.3, -0.25) is 4.79 Å². The van der Waals surface area contributed by atoms with Crippen LogP contribution >= 0.6 is 0 Å². The van der Waals surface area contributed by atoms with Gasteiger partial charge in [0.05, 0.1) is 11.9 Å². The smallest absolute Gasteiger partial charge is 0.408 e. The van der Waals surface area contributed by atoms with Crippen LogP contribution in [0.25, 0.3) is 11.1 Å². The van der Waals surface area contributed by atoms with Crippen LogP contribution in [-0.2, 0) is 9.53 Å². The van der Waals surface area contributed by atoms with Crippen molar-refractivity contribution in [2.75, 3.05) is 41.7 Å². The van der Waals surface area contributed by atoms with E-state index in [0.717, 1.165) is 54.4 Å². The molecule has 0 unspecified atom stereocenters. The number of aryl methyl sites for hydroxylation is 1. The zero-order valence-corrected chi connectivity index (χ0v) is 26.4. The van der Waals surface area contributed by atoms with Crippen LogP contribution in [0.2, 0.25) is 0 Å². The highest BCUT2D eigenvalue weighted by molar-refractivity contribution is 5.97. The molecule has 1 aromatic carbocycles. The quantitative estimate of drug-likeness (QED) is 0.258. The van der Waals surface area contributed by atoms with Crippen molar-refractivity contribution < 1.29 is 14.3 Å². The third-order valence-corrected chi connectivity index (χ3v) is 6.85. The number of ether oxygens (including phenoxy) is 1. The second kappa shape index (κ2) is 13.4. The molecule has 0 spiro atoms. The van der Waals surface area contributed by atoms with E-state index in [0.29, 0.717) is 17.9 Å². The molecule has 10 heteroatoms. The first kappa shape index (κ1) is 31.7. The van der Waals surface area contributed by atoms with Gasteiger partial charge < -0.3 is 30.9 Å². The Morgan fingerprint density at radius 3 is 2.33 bits per heavy atom. The Labute approximate surface area is 255 Å². The van der Waals surface area contributed by atoms with E-state index in [1.165, 1.54) is 0 Å². The summed E-state index contributed by atoms with van der Waals surface area (Å²) in [7, 11) is 0. The molecule has 4 rings (SSSR count). The molecule has 0 saturated carbocycles. The van der Waals surface area contributed by atoms with Gasteiger partial charge in [-0.25, -0.2) is 14.8 Å². The summed E-state index contributed by atoms with van der Waals surface area (Å²) in [5.41, 5.74) is 3.68. The lowest BCUT2D eigenvalue weighted by molar-refractivity contribution is -0.118. The molecule has 4 N–H and O–H groups in total. The molecule has 0 aliphatic carbocycles. The highest BCUT2D eigenvalue weighted by Gasteiger charge is 2.28. The summed E-state index contributed by atoms with van der Waals surface area (Å²) in [5.74, 6) is 1.39. The van der Waals surface area contributed by atoms with E-state index in [-0.39, 0.29) is 11.3 Å². The van der Waals surface area contributed by atoms with E-state index in [2.05, 4.69) is 36.1 Å². The third-order valence-electron chi connectivity index (χ3n) is 6.85. The van der Waals surface area contributed by atoms with Crippen molar-refractivity contribution >= 4 is 35.0 Å². The Balaban J connectivity index is 1.43. The average Bonchev–Trinajstić information content (AvgIpc) is 2.92. The van der Waals surface area contributed by atoms with E-state index in [9.17, 15) is 9.59 Å². The fourth-order valence-electron chi connectivity index (χ4n) is 4.92. The van der Waals surface area contributed by atoms with E-state index >= 15 is 0 Å². The first-order chi connectivity index (χ1) is 20.3. The van der Waals surface area contributed by atoms with Gasteiger partial charge in [0, 0.05) is 38.1 Å². The molecule has 2 amide bonds. The van der Waals surface area contributed by atoms with Crippen LogP contribution in [0.1, 0.15) is 53.5 Å². The maximum Gasteiger partial charge on any atom is 0.408 e. The standard InChI is InChI=1S/C33H45N7O3/c1-22-18-24(38-30(41)27(20-32(2,3)4)39-31(42)43-33(5,6)7)8-10-26(22)23-12-13-35-28(19-23)37-25-9-11-29(36-21-25)40-16-14-34-15-17-40/h8-13,18-19,21,27,34H,14-17,20H2,1-7H3,(H,35,37)(H,38,41)(H,39,42)/t27-/m1/s1. The van der Waals surface area contributed by atoms with Gasteiger partial charge in [0.2, 0.25) is 5.91 Å². The number of nitrogens with zero attached hydrogens (tertiary/aromatic N) is 3. The van der Waals surface area contributed by atoms with E-state index in [4.69, 9.17) is 4.74 Å². The molecule has 43 heavy (non-hydrogen) atoms. The molecule has 230 valence electrons. The van der Waals surface area contributed by atoms with Crippen LogP contribution in [0.3, 0.4) is 0 Å². The van der Waals surface area contributed by atoms with Crippen LogP contribution < -0.4 is 26.2 Å². The molecule has 0 bridgehead atoms. The summed E-state index contributed by atoms with van der Waals surface area (Å²) in [6, 6.07) is 13.0. The maximum absolute atomic E-state index is 13.3. The first-order valence-corrected chi connectivity index (χ1v) is 14.8. The largest absolute Gasteiger partial charge is 0.444 e. The van der Waals surface area contributed by atoms with Crippen molar-refractivity contribution in [2.24, 2.45) is 5.41 Å². The first-order valence-electron chi connectivity index (χ1n) is 14.8. The van der Waals surface area contributed by atoms with Crippen molar-refractivity contribution in [1.82, 2.24) is 20.6 Å². The molecule has 1 aliphatic rings. The van der Waals surface area contributed by atoms with Crippen LogP contribution in [0.15, 0.2) is 54.9 Å². The van der Waals surface area contributed by atoms with E-state index in [1.54, 1.807) is 27.0 Å². The lowest BCUT2D eigenvalue weighted by Gasteiger charge is -2.28. The van der Waals surface area contributed by atoms with Crippen molar-refractivity contribution in [3.63, 3.8) is 0 Å². The average molecular weight is 588 g/mol. The van der Waals surface area contributed by atoms with Crippen LogP contribution in [0.4, 0.5) is 27.8 Å². The summed E-state index contributed by atoms with van der Waals surface area (Å²) < 4.78 is 5.40. The van der Waals surface area contributed by atoms with Gasteiger partial charge in [-0.1, -0.05) is 26.8 Å². The molecule has 1 saturated heterocycles. The lowest BCUT2D eigenvalue weighted by Crippen LogP contribution is -2.47. The topological polar surface area (TPSA) is 121 Å². The van der Waals surface area contributed by atoms with Gasteiger partial charge in [0.25, 0.3) is 0 Å². The predicted molar refractivity (Wildman–Crippen MR) is 173 cm³/mol. The number of carbonyl (C=O) groups excluding carboxylic acids is 2. The van der Waals surface area contributed by atoms with Crippen molar-refractivity contribution in [2.45, 2.75) is 66.5 Å². The number of hydrogen-bond acceptors (Lipinski definition) is 8. The molecule has 1 aliphatic heterocycles. The molecule has 1 fully saturated rings. The van der Waals surface area contributed by atoms with Crippen LogP contribution in [-0.4, -0.2) is 59.8 Å². The molecule has 0 radical (unpaired) electrons. The number of carbonyl (C=O) groups is 2. The number of nitrogens with one attached hydrogen (secondary N) is 4. The number of aromatic nitrogens is 2. The van der Waals surface area contributed by atoms with Gasteiger partial charge in [-0.05, 0) is 92.6 Å². The molecular weight excluding hydrogens is 542 g/mol. The number of anilines is 4. The normalized spacial score (nSPS) is 14.5. The number of pyridine rings is 2. The lowest BCUT2D eigenvalue weighted by atomic mass is 9.87. The van der Waals surface area contributed by atoms with Gasteiger partial charge in [0.15, 0.2) is 0 Å². The monoisotopic (exact) mass is 587 g/mol. The maximum atomic E-state index is 13.3. The molecular formula is C33H45N7O3. The molecule has 1 atom stereocenters. The second-order valence-electron chi connectivity index (χ2n) is 13.2. The highest BCUT2D eigenvalue weighted by atomic mass is 16.6. The molecule has 2 aromatic heterocycles. The van der Waals surface area contributed by atoms with Gasteiger partial charge in [-0.2, -0.15) is 0 Å². The number of hydrogen-bond donors (Lipinski definition) is 4. The number of alkyl carbamates (subject to hydrolysis) is 1. The van der Waals surface area contributed by atoms with E-state index < -0.39 is 17.7 Å². The Morgan fingerprint density at radius 2 is 1.70 bits per heavy atom. The predicted octanol–water partition coefficient (Wildman–Crippen LogP) is 5.87. The van der Waals surface area contributed by atoms with Gasteiger partial charge in [0.1, 0.15) is 23.3 Å². The minimum atomic E-state index is -0.746. The summed E-state index contributed by atoms with van der Waals surface area (Å²) in [4.78, 5) is 37.1. The van der Waals surface area contributed by atoms with Gasteiger partial charge in [-0.15, -0.1) is 0 Å². The fourth-order valence-corrected chi connectivity index (χ4v) is 4.92. The number of rotatable bonds is 8. The summed E-state index contributed by atoms with van der Waals surface area (Å²) >= 11 is 0. The Morgan fingerprint density at radius 1 is 0.977 bits per heavy atom. The Bertz CT molecular complexity index is 1410. The van der Waals surface area contributed by atoms with Gasteiger partial charge >= 0.3 is 6.09 Å². The zero-order chi connectivity index (χ0) is 31.2. The Hall–Kier alpha value is -4.18. The number of benzene rings is 1. The van der Waals surface area contributed by atoms with Crippen LogP contribution in [0, 0.1) is 12.3 Å². The minimum absolute atomic E-state index is 0.187. The number of amides is 2. The SMILES string of the molecule is Cc1cc(NC(=O)[C@@H](CC(C)(C)C)NC(=O)OC(C)(C)C)ccc1-c1ccnc(Nc2ccc(N3CCNCC3)nc2)c1. The third kappa shape index (κ3) is 9.68. The summed E-state index contributed by atoms with van der Waals surface area (Å²) in [6.07, 6.45) is 3.45. The molecule has 3 heterocycles. The van der Waals surface area contributed by atoms with E-state index in [1.807, 2.05) is 76.4 Å². The molecule has 3 aromatic rings. The second-order valence-corrected chi connectivity index (χ2v) is 13.2. The van der Waals surface area contributed by atoms with Crippen molar-refractivity contribution in [3.05, 3.63) is 60.4 Å².